The van der Waals surface area contributed by atoms with Crippen molar-refractivity contribution < 1.29 is 9.59 Å². The molecule has 3 rings (SSSR count). The highest BCUT2D eigenvalue weighted by Gasteiger charge is 2.38. The minimum Gasteiger partial charge on any atom is -0.305 e. The number of carbonyl (C=O) groups is 2. The first-order chi connectivity index (χ1) is 10.8. The number of nitrogens with one attached hydrogen (secondary N) is 1. The summed E-state index contributed by atoms with van der Waals surface area (Å²) >= 11 is 0. The van der Waals surface area contributed by atoms with Crippen molar-refractivity contribution in [2.45, 2.75) is 44.6 Å². The zero-order valence-corrected chi connectivity index (χ0v) is 12.8. The second kappa shape index (κ2) is 6.88. The van der Waals surface area contributed by atoms with E-state index in [-0.39, 0.29) is 24.3 Å². The van der Waals surface area contributed by atoms with Crippen molar-refractivity contribution in [3.8, 4) is 0 Å². The molecule has 1 aliphatic carbocycles. The first-order valence-electron chi connectivity index (χ1n) is 8.09. The van der Waals surface area contributed by atoms with Crippen LogP contribution in [0.1, 0.15) is 38.5 Å². The average molecular weight is 298 g/mol. The number of hydrogen-bond acceptors (Lipinski definition) is 3. The highest BCUT2D eigenvalue weighted by molar-refractivity contribution is 6.22. The number of carbonyl (C=O) groups excluding carboxylic acids is 2. The molecule has 1 aromatic carbocycles. The molecule has 1 atom stereocenters. The van der Waals surface area contributed by atoms with Crippen LogP contribution in [-0.2, 0) is 9.59 Å². The van der Waals surface area contributed by atoms with Gasteiger partial charge in [0.05, 0.1) is 18.2 Å². The summed E-state index contributed by atoms with van der Waals surface area (Å²) in [6, 6.07) is 8.77. The zero-order valence-electron chi connectivity index (χ0n) is 12.8. The summed E-state index contributed by atoms with van der Waals surface area (Å²) in [6.45, 7) is 0.762. The van der Waals surface area contributed by atoms with Gasteiger partial charge in [-0.3, -0.25) is 9.59 Å². The number of allylic oxidation sites excluding steroid dienone is 1. The van der Waals surface area contributed by atoms with Crippen LogP contribution in [0, 0.1) is 0 Å². The largest absolute Gasteiger partial charge is 0.305 e. The normalized spacial score (nSPS) is 22.1. The van der Waals surface area contributed by atoms with Gasteiger partial charge in [-0.15, -0.1) is 0 Å². The van der Waals surface area contributed by atoms with E-state index in [1.54, 1.807) is 12.1 Å². The summed E-state index contributed by atoms with van der Waals surface area (Å²) in [7, 11) is 0. The standard InChI is InChI=1S/C18H22N2O2/c21-17-13-16(19-12-11-14-7-3-1-4-8-14)18(22)20(17)15-9-5-2-6-10-15/h2,5-7,9-10,16,19H,1,3-4,8,11-13H2/t16-/m0/s1. The molecule has 1 fully saturated rings. The quantitative estimate of drug-likeness (QED) is 0.672. The van der Waals surface area contributed by atoms with Crippen LogP contribution in [0.25, 0.3) is 0 Å². The van der Waals surface area contributed by atoms with Gasteiger partial charge in [0.1, 0.15) is 0 Å². The van der Waals surface area contributed by atoms with Crippen LogP contribution in [0.5, 0.6) is 0 Å². The molecule has 0 saturated carbocycles. The molecular formula is C18H22N2O2. The lowest BCUT2D eigenvalue weighted by Gasteiger charge is -2.16. The monoisotopic (exact) mass is 298 g/mol. The average Bonchev–Trinajstić information content (AvgIpc) is 2.83. The first kappa shape index (κ1) is 15.0. The van der Waals surface area contributed by atoms with Gasteiger partial charge in [-0.1, -0.05) is 29.8 Å². The number of imide groups is 1. The number of para-hydroxylation sites is 1. The molecule has 1 aromatic rings. The molecule has 0 spiro atoms. The molecule has 22 heavy (non-hydrogen) atoms. The molecule has 4 nitrogen and oxygen atoms in total. The maximum atomic E-state index is 12.4. The van der Waals surface area contributed by atoms with Crippen molar-refractivity contribution in [2.75, 3.05) is 11.4 Å². The molecule has 2 amide bonds. The van der Waals surface area contributed by atoms with E-state index in [1.165, 1.54) is 36.2 Å². The van der Waals surface area contributed by atoms with Gasteiger partial charge in [-0.25, -0.2) is 4.90 Å². The smallest absolute Gasteiger partial charge is 0.251 e. The maximum Gasteiger partial charge on any atom is 0.251 e. The second-order valence-corrected chi connectivity index (χ2v) is 5.97. The lowest BCUT2D eigenvalue weighted by atomic mass is 9.97. The Labute approximate surface area is 131 Å². The third-order valence-corrected chi connectivity index (χ3v) is 4.38. The highest BCUT2D eigenvalue weighted by Crippen LogP contribution is 2.23. The summed E-state index contributed by atoms with van der Waals surface area (Å²) in [4.78, 5) is 25.8. The molecule has 0 aromatic heterocycles. The van der Waals surface area contributed by atoms with Crippen LogP contribution in [0.15, 0.2) is 42.0 Å². The van der Waals surface area contributed by atoms with Crippen molar-refractivity contribution in [2.24, 2.45) is 0 Å². The lowest BCUT2D eigenvalue weighted by molar-refractivity contribution is -0.121. The topological polar surface area (TPSA) is 49.4 Å². The molecule has 0 bridgehead atoms. The Hall–Kier alpha value is -1.94. The van der Waals surface area contributed by atoms with Gasteiger partial charge in [0.25, 0.3) is 5.91 Å². The fourth-order valence-corrected chi connectivity index (χ4v) is 3.18. The maximum absolute atomic E-state index is 12.4. The van der Waals surface area contributed by atoms with Crippen molar-refractivity contribution in [1.29, 1.82) is 0 Å². The summed E-state index contributed by atoms with van der Waals surface area (Å²) in [5, 5.41) is 3.26. The molecule has 2 aliphatic rings. The Balaban J connectivity index is 1.56. The predicted octanol–water partition coefficient (Wildman–Crippen LogP) is 2.80. The van der Waals surface area contributed by atoms with Gasteiger partial charge in [0.2, 0.25) is 5.91 Å². The minimum absolute atomic E-state index is 0.120. The van der Waals surface area contributed by atoms with E-state index >= 15 is 0 Å². The highest BCUT2D eigenvalue weighted by atomic mass is 16.2. The third kappa shape index (κ3) is 3.28. The molecule has 1 saturated heterocycles. The van der Waals surface area contributed by atoms with Gasteiger partial charge in [-0.05, 0) is 50.8 Å². The van der Waals surface area contributed by atoms with Gasteiger partial charge >= 0.3 is 0 Å². The minimum atomic E-state index is -0.378. The molecule has 1 heterocycles. The SMILES string of the molecule is O=C1C[C@H](NCCC2=CCCCC2)C(=O)N1c1ccccc1. The molecular weight excluding hydrogens is 276 g/mol. The van der Waals surface area contributed by atoms with E-state index in [0.29, 0.717) is 5.69 Å². The van der Waals surface area contributed by atoms with E-state index in [2.05, 4.69) is 11.4 Å². The summed E-state index contributed by atoms with van der Waals surface area (Å²) < 4.78 is 0. The molecule has 0 radical (unpaired) electrons. The van der Waals surface area contributed by atoms with E-state index in [4.69, 9.17) is 0 Å². The number of nitrogens with zero attached hydrogens (tertiary/aromatic N) is 1. The molecule has 116 valence electrons. The van der Waals surface area contributed by atoms with Gasteiger partial charge in [0.15, 0.2) is 0 Å². The second-order valence-electron chi connectivity index (χ2n) is 5.97. The van der Waals surface area contributed by atoms with E-state index in [1.807, 2.05) is 18.2 Å². The Bertz CT molecular complexity index is 580. The summed E-state index contributed by atoms with van der Waals surface area (Å²) in [6.07, 6.45) is 8.47. The van der Waals surface area contributed by atoms with Crippen LogP contribution in [0.4, 0.5) is 5.69 Å². The summed E-state index contributed by atoms with van der Waals surface area (Å²) in [5.41, 5.74) is 2.15. The van der Waals surface area contributed by atoms with Gasteiger partial charge in [0, 0.05) is 0 Å². The van der Waals surface area contributed by atoms with Crippen LogP contribution >= 0.6 is 0 Å². The van der Waals surface area contributed by atoms with E-state index in [9.17, 15) is 9.59 Å². The molecule has 1 N–H and O–H groups in total. The fraction of sp³-hybridized carbons (Fsp3) is 0.444. The lowest BCUT2D eigenvalue weighted by Crippen LogP contribution is -2.39. The van der Waals surface area contributed by atoms with Crippen molar-refractivity contribution in [3.63, 3.8) is 0 Å². The first-order valence-corrected chi connectivity index (χ1v) is 8.09. The van der Waals surface area contributed by atoms with Crippen LogP contribution in [-0.4, -0.2) is 24.4 Å². The Morgan fingerprint density at radius 2 is 1.95 bits per heavy atom. The van der Waals surface area contributed by atoms with Crippen LogP contribution in [0.3, 0.4) is 0 Å². The van der Waals surface area contributed by atoms with Crippen LogP contribution < -0.4 is 10.2 Å². The number of benzene rings is 1. The molecule has 0 unspecified atom stereocenters. The predicted molar refractivity (Wildman–Crippen MR) is 86.5 cm³/mol. The Morgan fingerprint density at radius 3 is 2.68 bits per heavy atom. The number of amides is 2. The van der Waals surface area contributed by atoms with Gasteiger partial charge < -0.3 is 5.32 Å². The van der Waals surface area contributed by atoms with Crippen LogP contribution in [0.2, 0.25) is 0 Å². The Morgan fingerprint density at radius 1 is 1.14 bits per heavy atom. The molecule has 4 heteroatoms. The number of hydrogen-bond donors (Lipinski definition) is 1. The van der Waals surface area contributed by atoms with E-state index in [0.717, 1.165) is 13.0 Å². The number of anilines is 1. The molecule has 1 aliphatic heterocycles. The third-order valence-electron chi connectivity index (χ3n) is 4.38. The van der Waals surface area contributed by atoms with Crippen molar-refractivity contribution >= 4 is 17.5 Å². The van der Waals surface area contributed by atoms with Crippen molar-refractivity contribution in [3.05, 3.63) is 42.0 Å². The fourth-order valence-electron chi connectivity index (χ4n) is 3.18. The Kier molecular flexibility index (Phi) is 4.68. The van der Waals surface area contributed by atoms with E-state index < -0.39 is 0 Å². The summed E-state index contributed by atoms with van der Waals surface area (Å²) in [5.74, 6) is -0.251. The number of rotatable bonds is 5. The van der Waals surface area contributed by atoms with Gasteiger partial charge in [-0.2, -0.15) is 0 Å². The van der Waals surface area contributed by atoms with Crippen molar-refractivity contribution in [1.82, 2.24) is 5.32 Å². The zero-order chi connectivity index (χ0) is 15.4.